The summed E-state index contributed by atoms with van der Waals surface area (Å²) in [6.07, 6.45) is 1.42. The van der Waals surface area contributed by atoms with Crippen molar-refractivity contribution in [3.05, 3.63) is 4.85 Å². The fourth-order valence-corrected chi connectivity index (χ4v) is 0.675. The standard InChI is InChI=1S/C6H11N2OS/c1-5(9)6(7-2)8-4-10-3/h6-7H,1-3H3/q+1. The summed E-state index contributed by atoms with van der Waals surface area (Å²) in [6, 6.07) is 0. The lowest BCUT2D eigenvalue weighted by atomic mass is 10.4. The van der Waals surface area contributed by atoms with Crippen molar-refractivity contribution in [3.8, 4) is 5.40 Å². The normalized spacial score (nSPS) is 11.5. The second-order valence-corrected chi connectivity index (χ2v) is 2.32. The summed E-state index contributed by atoms with van der Waals surface area (Å²) in [5, 5.41) is 5.38. The first kappa shape index (κ1) is 9.47. The number of thioether (sulfide) groups is 1. The third-order valence-corrected chi connectivity index (χ3v) is 1.22. The molecule has 0 spiro atoms. The van der Waals surface area contributed by atoms with Crippen molar-refractivity contribution in [1.29, 1.82) is 0 Å². The molecule has 0 aromatic carbocycles. The number of rotatable bonds is 2. The summed E-state index contributed by atoms with van der Waals surface area (Å²) in [4.78, 5) is 14.5. The number of hydrogen-bond donors (Lipinski definition) is 1. The molecule has 56 valence electrons. The van der Waals surface area contributed by atoms with Crippen LogP contribution < -0.4 is 5.32 Å². The number of carbonyl (C=O) groups is 1. The number of ketones is 1. The number of nitrogens with one attached hydrogen (secondary N) is 1. The SMILES string of the molecule is CNC([N+]#CSC)C(C)=O. The highest BCUT2D eigenvalue weighted by Crippen LogP contribution is 1.91. The van der Waals surface area contributed by atoms with Crippen LogP contribution in [-0.2, 0) is 4.79 Å². The van der Waals surface area contributed by atoms with Gasteiger partial charge in [0.2, 0.25) is 5.78 Å². The van der Waals surface area contributed by atoms with Gasteiger partial charge in [-0.05, 0) is 11.9 Å². The van der Waals surface area contributed by atoms with E-state index in [9.17, 15) is 4.79 Å². The maximum absolute atomic E-state index is 10.7. The lowest BCUT2D eigenvalue weighted by Crippen LogP contribution is -2.28. The summed E-state index contributed by atoms with van der Waals surface area (Å²) < 4.78 is 0. The van der Waals surface area contributed by atoms with E-state index >= 15 is 0 Å². The van der Waals surface area contributed by atoms with Gasteiger partial charge in [0.05, 0.1) is 0 Å². The Hall–Kier alpha value is -0.530. The molecule has 0 rings (SSSR count). The zero-order chi connectivity index (χ0) is 7.98. The fourth-order valence-electron chi connectivity index (χ4n) is 0.464. The Morgan fingerprint density at radius 1 is 1.80 bits per heavy atom. The Morgan fingerprint density at radius 2 is 2.40 bits per heavy atom. The predicted molar refractivity (Wildman–Crippen MR) is 44.3 cm³/mol. The van der Waals surface area contributed by atoms with E-state index in [0.717, 1.165) is 0 Å². The van der Waals surface area contributed by atoms with Gasteiger partial charge >= 0.3 is 11.6 Å². The largest absolute Gasteiger partial charge is 0.385 e. The van der Waals surface area contributed by atoms with Gasteiger partial charge in [0.1, 0.15) is 0 Å². The molecular formula is C6H11N2OS+. The van der Waals surface area contributed by atoms with Gasteiger partial charge in [-0.3, -0.25) is 4.79 Å². The molecule has 0 heterocycles. The van der Waals surface area contributed by atoms with E-state index in [1.165, 1.54) is 18.7 Å². The van der Waals surface area contributed by atoms with Crippen molar-refractivity contribution in [2.75, 3.05) is 13.3 Å². The van der Waals surface area contributed by atoms with E-state index in [0.29, 0.717) is 0 Å². The van der Waals surface area contributed by atoms with Gasteiger partial charge in [-0.15, -0.1) is 0 Å². The molecule has 0 aromatic heterocycles. The van der Waals surface area contributed by atoms with E-state index in [4.69, 9.17) is 0 Å². The lowest BCUT2D eigenvalue weighted by Gasteiger charge is -1.89. The number of Topliss-reactive ketones (excluding diaryl/α,β-unsaturated/α-hetero) is 1. The molecule has 0 aliphatic heterocycles. The molecule has 0 bridgehead atoms. The van der Waals surface area contributed by atoms with Gasteiger partial charge in [0, 0.05) is 24.9 Å². The molecule has 4 heteroatoms. The van der Waals surface area contributed by atoms with Crippen LogP contribution in [0, 0.1) is 5.40 Å². The van der Waals surface area contributed by atoms with E-state index < -0.39 is 6.17 Å². The summed E-state index contributed by atoms with van der Waals surface area (Å²) in [5.74, 6) is 0.00375. The smallest absolute Gasteiger partial charge is 0.289 e. The van der Waals surface area contributed by atoms with Gasteiger partial charge < -0.3 is 0 Å². The fraction of sp³-hybridized carbons (Fsp3) is 0.667. The first-order chi connectivity index (χ1) is 4.72. The van der Waals surface area contributed by atoms with Crippen LogP contribution in [0.1, 0.15) is 6.92 Å². The highest BCUT2D eigenvalue weighted by atomic mass is 32.2. The quantitative estimate of drug-likeness (QED) is 0.604. The van der Waals surface area contributed by atoms with Crippen molar-refractivity contribution in [3.63, 3.8) is 0 Å². The number of nitrogens with zero attached hydrogens (tertiary/aromatic N) is 1. The molecule has 0 fully saturated rings. The predicted octanol–water partition coefficient (Wildman–Crippen LogP) is 0.774. The molecular weight excluding hydrogens is 148 g/mol. The molecule has 0 saturated carbocycles. The zero-order valence-electron chi connectivity index (χ0n) is 6.34. The molecule has 0 radical (unpaired) electrons. The topological polar surface area (TPSA) is 33.5 Å². The summed E-state index contributed by atoms with van der Waals surface area (Å²) >= 11 is 1.35. The second-order valence-electron chi connectivity index (χ2n) is 1.73. The van der Waals surface area contributed by atoms with Crippen LogP contribution in [0.3, 0.4) is 0 Å². The minimum atomic E-state index is -0.424. The zero-order valence-corrected chi connectivity index (χ0v) is 7.16. The van der Waals surface area contributed by atoms with Crippen molar-refractivity contribution in [1.82, 2.24) is 5.32 Å². The Morgan fingerprint density at radius 3 is 2.70 bits per heavy atom. The third kappa shape index (κ3) is 3.49. The maximum atomic E-state index is 10.7. The molecule has 1 unspecified atom stereocenters. The molecule has 10 heavy (non-hydrogen) atoms. The number of likely N-dealkylation sites (N-methyl/N-ethyl adjacent to an activating group) is 1. The Kier molecular flexibility index (Phi) is 4.99. The minimum absolute atomic E-state index is 0.00375. The summed E-state index contributed by atoms with van der Waals surface area (Å²) in [6.45, 7) is 1.49. The Labute approximate surface area is 65.0 Å². The van der Waals surface area contributed by atoms with Crippen LogP contribution in [0.15, 0.2) is 0 Å². The van der Waals surface area contributed by atoms with Gasteiger partial charge in [0.15, 0.2) is 0 Å². The van der Waals surface area contributed by atoms with Crippen LogP contribution >= 0.6 is 11.8 Å². The van der Waals surface area contributed by atoms with Crippen LogP contribution in [-0.4, -0.2) is 25.3 Å². The van der Waals surface area contributed by atoms with Gasteiger partial charge in [-0.25, -0.2) is 5.32 Å². The van der Waals surface area contributed by atoms with Crippen molar-refractivity contribution in [2.45, 2.75) is 13.1 Å². The van der Waals surface area contributed by atoms with Crippen LogP contribution in [0.4, 0.5) is 0 Å². The minimum Gasteiger partial charge on any atom is -0.289 e. The average molecular weight is 159 g/mol. The van der Waals surface area contributed by atoms with Crippen molar-refractivity contribution < 1.29 is 4.79 Å². The van der Waals surface area contributed by atoms with E-state index in [2.05, 4.69) is 15.6 Å². The molecule has 0 aromatic rings. The van der Waals surface area contributed by atoms with E-state index in [1.54, 1.807) is 7.05 Å². The van der Waals surface area contributed by atoms with Gasteiger partial charge in [-0.2, -0.15) is 0 Å². The average Bonchev–Trinajstić information content (AvgIpc) is 1.89. The molecule has 0 amide bonds. The van der Waals surface area contributed by atoms with E-state index in [1.807, 2.05) is 6.26 Å². The van der Waals surface area contributed by atoms with Crippen LogP contribution in [0.25, 0.3) is 4.85 Å². The van der Waals surface area contributed by atoms with Crippen LogP contribution in [0.2, 0.25) is 0 Å². The van der Waals surface area contributed by atoms with Crippen LogP contribution in [0.5, 0.6) is 0 Å². The summed E-state index contributed by atoms with van der Waals surface area (Å²) in [7, 11) is 1.69. The van der Waals surface area contributed by atoms with Gasteiger partial charge in [0.25, 0.3) is 0 Å². The lowest BCUT2D eigenvalue weighted by molar-refractivity contribution is -0.117. The molecule has 1 atom stereocenters. The number of hydrogen-bond acceptors (Lipinski definition) is 3. The van der Waals surface area contributed by atoms with Crippen molar-refractivity contribution in [2.24, 2.45) is 0 Å². The maximum Gasteiger partial charge on any atom is 0.385 e. The van der Waals surface area contributed by atoms with Crippen molar-refractivity contribution >= 4 is 17.5 Å². The summed E-state index contributed by atoms with van der Waals surface area (Å²) in [5.41, 5.74) is 0. The highest BCUT2D eigenvalue weighted by molar-refractivity contribution is 8.03. The Bertz CT molecular complexity index is 170. The Balaban J connectivity index is 3.95. The number of thiocyanates is 1. The van der Waals surface area contributed by atoms with Gasteiger partial charge in [-0.1, -0.05) is 0 Å². The monoisotopic (exact) mass is 159 g/mol. The first-order valence-corrected chi connectivity index (χ1v) is 4.10. The third-order valence-electron chi connectivity index (χ3n) is 0.932. The highest BCUT2D eigenvalue weighted by Gasteiger charge is 2.18. The molecule has 1 N–H and O–H groups in total. The van der Waals surface area contributed by atoms with E-state index in [-0.39, 0.29) is 5.78 Å². The second kappa shape index (κ2) is 5.27. The first-order valence-electron chi connectivity index (χ1n) is 2.88. The molecule has 0 saturated heterocycles. The number of carbonyl (C=O) groups excluding carboxylic acids is 1. The molecule has 3 nitrogen and oxygen atoms in total. The molecule has 0 aliphatic carbocycles. The molecule has 0 aliphatic rings.